The van der Waals surface area contributed by atoms with Crippen LogP contribution in [0.1, 0.15) is 16.7 Å². The monoisotopic (exact) mass is 428 g/mol. The third-order valence-corrected chi connectivity index (χ3v) is 5.62. The lowest BCUT2D eigenvalue weighted by Gasteiger charge is -2.02. The fraction of sp³-hybridized carbons (Fsp3) is 0.0833. The van der Waals surface area contributed by atoms with Gasteiger partial charge in [-0.3, -0.25) is 4.79 Å². The van der Waals surface area contributed by atoms with Crippen LogP contribution in [0, 0.1) is 13.8 Å². The zero-order chi connectivity index (χ0) is 21.8. The minimum Gasteiger partial charge on any atom is -0.507 e. The van der Waals surface area contributed by atoms with Gasteiger partial charge in [-0.05, 0) is 85.3 Å². The quantitative estimate of drug-likeness (QED) is 0.377. The lowest BCUT2D eigenvalue weighted by atomic mass is 10.1. The van der Waals surface area contributed by atoms with Gasteiger partial charge in [0.2, 0.25) is 0 Å². The van der Waals surface area contributed by atoms with Gasteiger partial charge < -0.3 is 10.4 Å². The summed E-state index contributed by atoms with van der Waals surface area (Å²) in [5.74, 6) is -0.208. The summed E-state index contributed by atoms with van der Waals surface area (Å²) < 4.78 is 0. The fourth-order valence-electron chi connectivity index (χ4n) is 2.86. The normalized spacial score (nSPS) is 16.4. The zero-order valence-corrected chi connectivity index (χ0v) is 17.9. The van der Waals surface area contributed by atoms with Crippen molar-refractivity contribution in [1.29, 1.82) is 0 Å². The molecule has 1 aliphatic rings. The van der Waals surface area contributed by atoms with Crippen LogP contribution in [-0.2, 0) is 4.79 Å². The number of hydrogen-bond donors (Lipinski definition) is 2. The molecule has 0 bridgehead atoms. The molecule has 1 aliphatic heterocycles. The predicted molar refractivity (Wildman–Crippen MR) is 125 cm³/mol. The number of aliphatic imine (C=N–C) groups is 1. The summed E-state index contributed by atoms with van der Waals surface area (Å²) >= 11 is 1.22. The van der Waals surface area contributed by atoms with Crippen molar-refractivity contribution < 1.29 is 9.90 Å². The van der Waals surface area contributed by atoms with Gasteiger partial charge in [0.1, 0.15) is 5.75 Å². The van der Waals surface area contributed by atoms with Crippen LogP contribution in [0.5, 0.6) is 5.75 Å². The van der Waals surface area contributed by atoms with Crippen molar-refractivity contribution in [1.82, 2.24) is 5.32 Å². The molecule has 0 radical (unpaired) electrons. The van der Waals surface area contributed by atoms with Crippen LogP contribution in [0.4, 0.5) is 17.1 Å². The number of carbonyl (C=O) groups excluding carboxylic acids is 1. The van der Waals surface area contributed by atoms with Gasteiger partial charge in [0, 0.05) is 5.56 Å². The van der Waals surface area contributed by atoms with E-state index < -0.39 is 0 Å². The van der Waals surface area contributed by atoms with E-state index in [4.69, 9.17) is 0 Å². The molecule has 6 nitrogen and oxygen atoms in total. The summed E-state index contributed by atoms with van der Waals surface area (Å²) in [5.41, 5.74) is 4.90. The van der Waals surface area contributed by atoms with Crippen molar-refractivity contribution in [2.24, 2.45) is 15.2 Å². The van der Waals surface area contributed by atoms with Crippen molar-refractivity contribution >= 4 is 46.0 Å². The second-order valence-corrected chi connectivity index (χ2v) is 8.06. The number of aryl methyl sites for hydroxylation is 2. The minimum atomic E-state index is -0.263. The van der Waals surface area contributed by atoms with Crippen molar-refractivity contribution in [2.75, 3.05) is 0 Å². The highest BCUT2D eigenvalue weighted by Gasteiger charge is 2.24. The van der Waals surface area contributed by atoms with Crippen LogP contribution in [-0.4, -0.2) is 16.2 Å². The van der Waals surface area contributed by atoms with Crippen LogP contribution in [0.25, 0.3) is 6.08 Å². The second-order valence-electron chi connectivity index (χ2n) is 7.03. The predicted octanol–water partition coefficient (Wildman–Crippen LogP) is 6.32. The SMILES string of the molecule is Cc1ccc(N=Nc2ccc(O)c(/C=C3\SC(=Nc4ccccc4)NC3=O)c2)cc1C. The smallest absolute Gasteiger partial charge is 0.264 e. The van der Waals surface area contributed by atoms with Gasteiger partial charge in [0.15, 0.2) is 5.17 Å². The molecule has 1 fully saturated rings. The Morgan fingerprint density at radius 3 is 2.32 bits per heavy atom. The molecule has 31 heavy (non-hydrogen) atoms. The summed E-state index contributed by atoms with van der Waals surface area (Å²) in [5, 5.41) is 22.0. The molecule has 4 rings (SSSR count). The Labute approximate surface area is 184 Å². The summed E-state index contributed by atoms with van der Waals surface area (Å²) in [7, 11) is 0. The lowest BCUT2D eigenvalue weighted by molar-refractivity contribution is -0.115. The molecule has 1 heterocycles. The van der Waals surface area contributed by atoms with Crippen molar-refractivity contribution in [3.8, 4) is 5.75 Å². The standard InChI is InChI=1S/C24H20N4O2S/c1-15-8-9-19(12-16(15)2)27-28-20-10-11-21(29)17(13-20)14-22-23(30)26-24(31-22)25-18-6-4-3-5-7-18/h3-14,29H,1-2H3,(H,25,26,30)/b22-14-,28-27?. The number of thioether (sulfide) groups is 1. The molecule has 0 atom stereocenters. The lowest BCUT2D eigenvalue weighted by Crippen LogP contribution is -2.19. The minimum absolute atomic E-state index is 0.0551. The van der Waals surface area contributed by atoms with E-state index in [1.807, 2.05) is 62.4 Å². The fourth-order valence-corrected chi connectivity index (χ4v) is 3.70. The van der Waals surface area contributed by atoms with Crippen LogP contribution in [0.2, 0.25) is 0 Å². The molecule has 1 saturated heterocycles. The molecule has 1 amide bonds. The Kier molecular flexibility index (Phi) is 5.95. The first-order valence-corrected chi connectivity index (χ1v) is 10.5. The highest BCUT2D eigenvalue weighted by atomic mass is 32.2. The number of hydrogen-bond acceptors (Lipinski definition) is 6. The maximum absolute atomic E-state index is 12.3. The van der Waals surface area contributed by atoms with Gasteiger partial charge in [0.05, 0.1) is 22.0 Å². The van der Waals surface area contributed by atoms with Crippen molar-refractivity contribution in [3.05, 3.63) is 88.3 Å². The number of aromatic hydroxyl groups is 1. The van der Waals surface area contributed by atoms with Gasteiger partial charge >= 0.3 is 0 Å². The third-order valence-electron chi connectivity index (χ3n) is 4.71. The molecule has 0 aliphatic carbocycles. The molecule has 0 spiro atoms. The Balaban J connectivity index is 1.56. The Morgan fingerprint density at radius 2 is 1.58 bits per heavy atom. The second kappa shape index (κ2) is 8.97. The van der Waals surface area contributed by atoms with Crippen molar-refractivity contribution in [2.45, 2.75) is 13.8 Å². The highest BCUT2D eigenvalue weighted by Crippen LogP contribution is 2.32. The summed E-state index contributed by atoms with van der Waals surface area (Å²) in [6.07, 6.45) is 1.62. The van der Waals surface area contributed by atoms with Gasteiger partial charge in [0.25, 0.3) is 5.91 Å². The molecule has 0 aromatic heterocycles. The van der Waals surface area contributed by atoms with E-state index in [1.165, 1.54) is 23.4 Å². The van der Waals surface area contributed by atoms with E-state index in [-0.39, 0.29) is 11.7 Å². The van der Waals surface area contributed by atoms with E-state index in [9.17, 15) is 9.90 Å². The molecule has 3 aromatic carbocycles. The molecular formula is C24H20N4O2S. The van der Waals surface area contributed by atoms with Crippen LogP contribution >= 0.6 is 11.8 Å². The van der Waals surface area contributed by atoms with Gasteiger partial charge in [-0.2, -0.15) is 10.2 Å². The van der Waals surface area contributed by atoms with E-state index in [0.29, 0.717) is 21.3 Å². The molecule has 2 N–H and O–H groups in total. The summed E-state index contributed by atoms with van der Waals surface area (Å²) in [4.78, 5) is 17.2. The van der Waals surface area contributed by atoms with E-state index in [2.05, 4.69) is 20.5 Å². The number of phenols is 1. The largest absolute Gasteiger partial charge is 0.507 e. The molecule has 7 heteroatoms. The number of nitrogens with zero attached hydrogens (tertiary/aromatic N) is 3. The first-order chi connectivity index (χ1) is 15.0. The van der Waals surface area contributed by atoms with Crippen LogP contribution < -0.4 is 5.32 Å². The molecule has 0 unspecified atom stereocenters. The highest BCUT2D eigenvalue weighted by molar-refractivity contribution is 8.18. The number of azo groups is 1. The maximum atomic E-state index is 12.3. The Morgan fingerprint density at radius 1 is 0.871 bits per heavy atom. The van der Waals surface area contributed by atoms with E-state index >= 15 is 0 Å². The molecule has 154 valence electrons. The molecule has 0 saturated carbocycles. The molecular weight excluding hydrogens is 408 g/mol. The van der Waals surface area contributed by atoms with Crippen LogP contribution in [0.3, 0.4) is 0 Å². The first-order valence-electron chi connectivity index (χ1n) is 9.64. The Bertz CT molecular complexity index is 1230. The number of benzene rings is 3. The number of carbonyl (C=O) groups is 1. The number of rotatable bonds is 4. The Hall–Kier alpha value is -3.71. The average molecular weight is 429 g/mol. The number of nitrogens with one attached hydrogen (secondary N) is 1. The molecule has 3 aromatic rings. The van der Waals surface area contributed by atoms with Crippen molar-refractivity contribution in [3.63, 3.8) is 0 Å². The zero-order valence-electron chi connectivity index (χ0n) is 17.0. The number of para-hydroxylation sites is 1. The topological polar surface area (TPSA) is 86.4 Å². The number of amides is 1. The average Bonchev–Trinajstić information content (AvgIpc) is 3.10. The first kappa shape index (κ1) is 20.6. The number of phenolic OH excluding ortho intramolecular Hbond substituents is 1. The summed E-state index contributed by atoms with van der Waals surface area (Å²) in [6, 6.07) is 20.2. The van der Waals surface area contributed by atoms with E-state index in [1.54, 1.807) is 18.2 Å². The van der Waals surface area contributed by atoms with Crippen LogP contribution in [0.15, 0.2) is 86.9 Å². The third kappa shape index (κ3) is 5.07. The van der Waals surface area contributed by atoms with Gasteiger partial charge in [-0.25, -0.2) is 4.99 Å². The van der Waals surface area contributed by atoms with Gasteiger partial charge in [-0.15, -0.1) is 0 Å². The van der Waals surface area contributed by atoms with Gasteiger partial charge in [-0.1, -0.05) is 24.3 Å². The maximum Gasteiger partial charge on any atom is 0.264 e. The van der Waals surface area contributed by atoms with E-state index in [0.717, 1.165) is 16.9 Å². The summed E-state index contributed by atoms with van der Waals surface area (Å²) in [6.45, 7) is 4.07. The number of amidine groups is 1.